The first-order valence-electron chi connectivity index (χ1n) is 9.34. The van der Waals surface area contributed by atoms with Crippen molar-refractivity contribution in [1.29, 1.82) is 0 Å². The molecule has 120 valence electrons. The SMILES string of the molecule is C[C@]12CC[C@H]3[C@@H](CC[C@H]4CCCC(O)[C@@]43C)[C@@H]1CC[C@@H]2S. The molecule has 4 fully saturated rings. The van der Waals surface area contributed by atoms with Crippen LogP contribution in [0.15, 0.2) is 0 Å². The van der Waals surface area contributed by atoms with Gasteiger partial charge in [-0.3, -0.25) is 0 Å². The molecule has 0 amide bonds. The van der Waals surface area contributed by atoms with Gasteiger partial charge in [-0.15, -0.1) is 0 Å². The van der Waals surface area contributed by atoms with Crippen molar-refractivity contribution in [1.82, 2.24) is 0 Å². The minimum Gasteiger partial charge on any atom is -0.393 e. The molecule has 2 heteroatoms. The van der Waals surface area contributed by atoms with E-state index in [1.165, 1.54) is 51.4 Å². The van der Waals surface area contributed by atoms with Gasteiger partial charge in [-0.1, -0.05) is 20.3 Å². The average Bonchev–Trinajstić information content (AvgIpc) is 2.76. The molecule has 1 unspecified atom stereocenters. The maximum absolute atomic E-state index is 10.8. The summed E-state index contributed by atoms with van der Waals surface area (Å²) >= 11 is 4.94. The van der Waals surface area contributed by atoms with E-state index in [4.69, 9.17) is 12.6 Å². The molecule has 0 aromatic carbocycles. The zero-order valence-corrected chi connectivity index (χ0v) is 14.6. The second-order valence-corrected chi connectivity index (χ2v) is 9.72. The van der Waals surface area contributed by atoms with E-state index >= 15 is 0 Å². The van der Waals surface area contributed by atoms with E-state index in [0.717, 1.165) is 30.1 Å². The zero-order chi connectivity index (χ0) is 14.8. The summed E-state index contributed by atoms with van der Waals surface area (Å²) < 4.78 is 0. The molecule has 0 aliphatic heterocycles. The van der Waals surface area contributed by atoms with E-state index in [2.05, 4.69) is 13.8 Å². The minimum absolute atomic E-state index is 0.0402. The number of thiol groups is 1. The third kappa shape index (κ3) is 1.87. The normalized spacial score (nSPS) is 60.0. The van der Waals surface area contributed by atoms with E-state index < -0.39 is 0 Å². The molecule has 0 saturated heterocycles. The third-order valence-electron chi connectivity index (χ3n) is 8.66. The summed E-state index contributed by atoms with van der Waals surface area (Å²) in [6.07, 6.45) is 11.8. The lowest BCUT2D eigenvalue weighted by molar-refractivity contribution is -0.158. The van der Waals surface area contributed by atoms with Crippen LogP contribution in [0.25, 0.3) is 0 Å². The molecule has 1 nitrogen and oxygen atoms in total. The van der Waals surface area contributed by atoms with Crippen molar-refractivity contribution in [3.63, 3.8) is 0 Å². The largest absolute Gasteiger partial charge is 0.393 e. The van der Waals surface area contributed by atoms with Crippen LogP contribution in [0.3, 0.4) is 0 Å². The van der Waals surface area contributed by atoms with Crippen molar-refractivity contribution in [2.24, 2.45) is 34.5 Å². The van der Waals surface area contributed by atoms with E-state index in [-0.39, 0.29) is 11.5 Å². The highest BCUT2D eigenvalue weighted by molar-refractivity contribution is 7.81. The van der Waals surface area contributed by atoms with Crippen molar-refractivity contribution >= 4 is 12.6 Å². The Kier molecular flexibility index (Phi) is 3.47. The fourth-order valence-electron chi connectivity index (χ4n) is 7.29. The Morgan fingerprint density at radius 2 is 1.71 bits per heavy atom. The average molecular weight is 309 g/mol. The Bertz CT molecular complexity index is 424. The van der Waals surface area contributed by atoms with Gasteiger partial charge in [0.15, 0.2) is 0 Å². The summed E-state index contributed by atoms with van der Waals surface area (Å²) in [5.74, 6) is 3.32. The molecule has 1 N–H and O–H groups in total. The molecule has 4 rings (SSSR count). The summed E-state index contributed by atoms with van der Waals surface area (Å²) in [7, 11) is 0. The zero-order valence-electron chi connectivity index (χ0n) is 13.7. The number of fused-ring (bicyclic) bond motifs is 5. The fourth-order valence-corrected chi connectivity index (χ4v) is 7.75. The summed E-state index contributed by atoms with van der Waals surface area (Å²) in [4.78, 5) is 0. The Morgan fingerprint density at radius 1 is 0.905 bits per heavy atom. The van der Waals surface area contributed by atoms with Gasteiger partial charge in [0, 0.05) is 5.25 Å². The number of rotatable bonds is 0. The summed E-state index contributed by atoms with van der Waals surface area (Å²) in [6.45, 7) is 4.97. The van der Waals surface area contributed by atoms with Gasteiger partial charge in [0.1, 0.15) is 0 Å². The van der Waals surface area contributed by atoms with Gasteiger partial charge in [0.05, 0.1) is 6.10 Å². The molecule has 4 aliphatic rings. The van der Waals surface area contributed by atoms with Crippen LogP contribution >= 0.6 is 12.6 Å². The molecule has 21 heavy (non-hydrogen) atoms. The Morgan fingerprint density at radius 3 is 2.52 bits per heavy atom. The molecular formula is C19H32OS. The van der Waals surface area contributed by atoms with Crippen molar-refractivity contribution < 1.29 is 5.11 Å². The van der Waals surface area contributed by atoms with Crippen LogP contribution in [0.1, 0.15) is 71.6 Å². The Hall–Kier alpha value is 0.310. The first kappa shape index (κ1) is 14.9. The maximum atomic E-state index is 10.8. The van der Waals surface area contributed by atoms with E-state index in [9.17, 15) is 5.11 Å². The molecular weight excluding hydrogens is 276 g/mol. The van der Waals surface area contributed by atoms with Crippen LogP contribution in [-0.2, 0) is 0 Å². The number of aliphatic hydroxyl groups excluding tert-OH is 1. The standard InChI is InChI=1S/C19H32OS/c1-18-11-10-15-13(14(18)8-9-17(18)21)7-6-12-4-3-5-16(20)19(12,15)2/h12-17,20-21H,3-11H2,1-2H3/t12-,13+,14+,15+,16?,17+,18+,19+/m1/s1. The van der Waals surface area contributed by atoms with Crippen LogP contribution in [0.4, 0.5) is 0 Å². The molecule has 8 atom stereocenters. The monoisotopic (exact) mass is 308 g/mol. The van der Waals surface area contributed by atoms with Crippen molar-refractivity contribution in [3.8, 4) is 0 Å². The lowest BCUT2D eigenvalue weighted by Gasteiger charge is -2.61. The van der Waals surface area contributed by atoms with E-state index in [1.807, 2.05) is 0 Å². The number of hydrogen-bond acceptors (Lipinski definition) is 2. The fraction of sp³-hybridized carbons (Fsp3) is 1.00. The molecule has 0 radical (unpaired) electrons. The summed E-state index contributed by atoms with van der Waals surface area (Å²) in [5.41, 5.74) is 0.699. The smallest absolute Gasteiger partial charge is 0.0599 e. The quantitative estimate of drug-likeness (QED) is 0.622. The summed E-state index contributed by atoms with van der Waals surface area (Å²) in [5, 5.41) is 11.5. The van der Waals surface area contributed by atoms with Crippen molar-refractivity contribution in [2.75, 3.05) is 0 Å². The lowest BCUT2D eigenvalue weighted by atomic mass is 9.44. The highest BCUT2D eigenvalue weighted by Crippen LogP contribution is 2.66. The van der Waals surface area contributed by atoms with E-state index in [1.54, 1.807) is 0 Å². The van der Waals surface area contributed by atoms with Gasteiger partial charge in [-0.25, -0.2) is 0 Å². The molecule has 4 saturated carbocycles. The van der Waals surface area contributed by atoms with Gasteiger partial charge in [-0.2, -0.15) is 12.6 Å². The van der Waals surface area contributed by atoms with Crippen LogP contribution in [-0.4, -0.2) is 16.5 Å². The van der Waals surface area contributed by atoms with Gasteiger partial charge < -0.3 is 5.11 Å². The number of hydrogen-bond donors (Lipinski definition) is 2. The van der Waals surface area contributed by atoms with Crippen LogP contribution in [0.5, 0.6) is 0 Å². The van der Waals surface area contributed by atoms with Crippen molar-refractivity contribution in [2.45, 2.75) is 83.0 Å². The van der Waals surface area contributed by atoms with Crippen LogP contribution in [0, 0.1) is 34.5 Å². The van der Waals surface area contributed by atoms with Gasteiger partial charge in [-0.05, 0) is 85.9 Å². The second-order valence-electron chi connectivity index (χ2n) is 9.10. The highest BCUT2D eigenvalue weighted by atomic mass is 32.1. The Balaban J connectivity index is 1.67. The Labute approximate surface area is 135 Å². The topological polar surface area (TPSA) is 20.2 Å². The summed E-state index contributed by atoms with van der Waals surface area (Å²) in [6, 6.07) is 0. The van der Waals surface area contributed by atoms with Gasteiger partial charge >= 0.3 is 0 Å². The van der Waals surface area contributed by atoms with Crippen molar-refractivity contribution in [3.05, 3.63) is 0 Å². The predicted molar refractivity (Wildman–Crippen MR) is 90.5 cm³/mol. The third-order valence-corrected chi connectivity index (χ3v) is 9.51. The van der Waals surface area contributed by atoms with Crippen LogP contribution < -0.4 is 0 Å². The molecule has 0 heterocycles. The molecule has 0 aromatic heterocycles. The minimum atomic E-state index is -0.0402. The number of aliphatic hydroxyl groups is 1. The first-order valence-corrected chi connectivity index (χ1v) is 9.85. The van der Waals surface area contributed by atoms with Gasteiger partial charge in [0.25, 0.3) is 0 Å². The highest BCUT2D eigenvalue weighted by Gasteiger charge is 2.61. The van der Waals surface area contributed by atoms with Gasteiger partial charge in [0.2, 0.25) is 0 Å². The molecule has 0 aromatic rings. The van der Waals surface area contributed by atoms with E-state index in [0.29, 0.717) is 10.7 Å². The lowest BCUT2D eigenvalue weighted by Crippen LogP contribution is -2.57. The molecule has 4 aliphatic carbocycles. The first-order chi connectivity index (χ1) is 9.98. The molecule has 0 bridgehead atoms. The molecule has 0 spiro atoms. The van der Waals surface area contributed by atoms with Crippen LogP contribution in [0.2, 0.25) is 0 Å². The second kappa shape index (κ2) is 4.90. The maximum Gasteiger partial charge on any atom is 0.0599 e. The predicted octanol–water partition coefficient (Wildman–Crippen LogP) is 4.69.